The molecule has 1 aliphatic carbocycles. The van der Waals surface area contributed by atoms with Crippen LogP contribution in [0, 0.1) is 11.8 Å². The van der Waals surface area contributed by atoms with E-state index in [9.17, 15) is 14.4 Å². The van der Waals surface area contributed by atoms with Crippen molar-refractivity contribution in [1.29, 1.82) is 0 Å². The van der Waals surface area contributed by atoms with Crippen molar-refractivity contribution in [1.82, 2.24) is 15.5 Å². The summed E-state index contributed by atoms with van der Waals surface area (Å²) < 4.78 is 0. The average Bonchev–Trinajstić information content (AvgIpc) is 3.09. The molecule has 3 aliphatic rings. The van der Waals surface area contributed by atoms with Gasteiger partial charge in [-0.1, -0.05) is 12.8 Å². The minimum Gasteiger partial charge on any atom is -0.353 e. The highest BCUT2D eigenvalue weighted by atomic mass is 16.2. The van der Waals surface area contributed by atoms with Gasteiger partial charge in [0.1, 0.15) is 6.54 Å². The molecule has 2 heterocycles. The van der Waals surface area contributed by atoms with E-state index < -0.39 is 0 Å². The van der Waals surface area contributed by atoms with Gasteiger partial charge in [0.2, 0.25) is 17.7 Å². The van der Waals surface area contributed by atoms with Crippen molar-refractivity contribution in [3.63, 3.8) is 0 Å². The molecule has 3 fully saturated rings. The molecule has 3 rings (SSSR count). The second-order valence-electron chi connectivity index (χ2n) is 6.36. The molecule has 6 heteroatoms. The highest BCUT2D eigenvalue weighted by Crippen LogP contribution is 2.37. The molecule has 0 radical (unpaired) electrons. The van der Waals surface area contributed by atoms with Crippen LogP contribution < -0.4 is 10.6 Å². The van der Waals surface area contributed by atoms with E-state index in [4.69, 9.17) is 0 Å². The Kier molecular flexibility index (Phi) is 4.24. The van der Waals surface area contributed by atoms with Crippen molar-refractivity contribution >= 4 is 17.7 Å². The van der Waals surface area contributed by atoms with Crippen LogP contribution in [0.5, 0.6) is 0 Å². The van der Waals surface area contributed by atoms with E-state index in [1.165, 1.54) is 4.90 Å². The predicted molar refractivity (Wildman–Crippen MR) is 76.2 cm³/mol. The fraction of sp³-hybridized carbons (Fsp3) is 0.800. The molecule has 2 saturated heterocycles. The summed E-state index contributed by atoms with van der Waals surface area (Å²) in [4.78, 5) is 37.7. The Labute approximate surface area is 124 Å². The Morgan fingerprint density at radius 1 is 1.10 bits per heavy atom. The third-order valence-corrected chi connectivity index (χ3v) is 4.94. The van der Waals surface area contributed by atoms with E-state index >= 15 is 0 Å². The van der Waals surface area contributed by atoms with E-state index in [1.807, 2.05) is 0 Å². The molecule has 0 aromatic carbocycles. The van der Waals surface area contributed by atoms with E-state index in [2.05, 4.69) is 10.6 Å². The number of carbonyl (C=O) groups is 3. The topological polar surface area (TPSA) is 78.5 Å². The average molecular weight is 293 g/mol. The highest BCUT2D eigenvalue weighted by Gasteiger charge is 2.48. The van der Waals surface area contributed by atoms with Crippen LogP contribution in [0.15, 0.2) is 0 Å². The molecule has 21 heavy (non-hydrogen) atoms. The van der Waals surface area contributed by atoms with E-state index in [0.717, 1.165) is 45.1 Å². The van der Waals surface area contributed by atoms with Crippen LogP contribution in [0.4, 0.5) is 0 Å². The Hall–Kier alpha value is -1.43. The Bertz CT molecular complexity index is 421. The number of fused-ring (bicyclic) bond motifs is 1. The smallest absolute Gasteiger partial charge is 0.240 e. The van der Waals surface area contributed by atoms with Gasteiger partial charge in [0.15, 0.2) is 0 Å². The predicted octanol–water partition coefficient (Wildman–Crippen LogP) is 0.0298. The van der Waals surface area contributed by atoms with E-state index in [0.29, 0.717) is 12.6 Å². The molecule has 6 nitrogen and oxygen atoms in total. The number of nitrogens with zero attached hydrogens (tertiary/aromatic N) is 1. The zero-order chi connectivity index (χ0) is 14.8. The van der Waals surface area contributed by atoms with Crippen molar-refractivity contribution in [2.75, 3.05) is 19.6 Å². The first kappa shape index (κ1) is 14.5. The van der Waals surface area contributed by atoms with Gasteiger partial charge in [0.05, 0.1) is 11.8 Å². The van der Waals surface area contributed by atoms with Gasteiger partial charge in [-0.05, 0) is 32.2 Å². The molecule has 0 bridgehead atoms. The van der Waals surface area contributed by atoms with Crippen LogP contribution in [0.2, 0.25) is 0 Å². The standard InChI is InChI=1S/C15H23N3O3/c19-13(17-8-10-4-3-7-16-10)9-18-14(20)11-5-1-2-6-12(11)15(18)21/h10-12,16H,1-9H2,(H,17,19). The van der Waals surface area contributed by atoms with Gasteiger partial charge in [-0.25, -0.2) is 0 Å². The SMILES string of the molecule is O=C(CN1C(=O)C2CCCCC2C1=O)NCC1CCCN1. The minimum absolute atomic E-state index is 0.114. The van der Waals surface area contributed by atoms with Crippen LogP contribution in [0.1, 0.15) is 38.5 Å². The van der Waals surface area contributed by atoms with Crippen molar-refractivity contribution in [3.05, 3.63) is 0 Å². The molecule has 0 aromatic rings. The van der Waals surface area contributed by atoms with Crippen LogP contribution in [0.25, 0.3) is 0 Å². The Morgan fingerprint density at radius 3 is 2.33 bits per heavy atom. The first-order valence-corrected chi connectivity index (χ1v) is 8.02. The number of hydrogen-bond acceptors (Lipinski definition) is 4. The lowest BCUT2D eigenvalue weighted by atomic mass is 9.81. The lowest BCUT2D eigenvalue weighted by Crippen LogP contribution is -2.44. The van der Waals surface area contributed by atoms with Gasteiger partial charge in [-0.3, -0.25) is 19.3 Å². The first-order chi connectivity index (χ1) is 10.2. The second kappa shape index (κ2) is 6.13. The van der Waals surface area contributed by atoms with E-state index in [-0.39, 0.29) is 36.1 Å². The van der Waals surface area contributed by atoms with Gasteiger partial charge in [-0.2, -0.15) is 0 Å². The third kappa shape index (κ3) is 2.95. The fourth-order valence-electron chi connectivity index (χ4n) is 3.75. The van der Waals surface area contributed by atoms with Crippen molar-refractivity contribution in [3.8, 4) is 0 Å². The summed E-state index contributed by atoms with van der Waals surface area (Å²) in [6.07, 6.45) is 5.79. The molecule has 116 valence electrons. The van der Waals surface area contributed by atoms with Crippen LogP contribution in [0.3, 0.4) is 0 Å². The van der Waals surface area contributed by atoms with Gasteiger partial charge < -0.3 is 10.6 Å². The van der Waals surface area contributed by atoms with E-state index in [1.54, 1.807) is 0 Å². The van der Waals surface area contributed by atoms with Crippen LogP contribution in [-0.2, 0) is 14.4 Å². The first-order valence-electron chi connectivity index (χ1n) is 8.02. The number of likely N-dealkylation sites (tertiary alicyclic amines) is 1. The Morgan fingerprint density at radius 2 is 1.76 bits per heavy atom. The Balaban J connectivity index is 1.52. The maximum atomic E-state index is 12.3. The number of carbonyl (C=O) groups excluding carboxylic acids is 3. The third-order valence-electron chi connectivity index (χ3n) is 4.94. The number of amides is 3. The molecule has 2 N–H and O–H groups in total. The largest absolute Gasteiger partial charge is 0.353 e. The highest BCUT2D eigenvalue weighted by molar-refractivity contribution is 6.07. The fourth-order valence-corrected chi connectivity index (χ4v) is 3.75. The maximum Gasteiger partial charge on any atom is 0.240 e. The van der Waals surface area contributed by atoms with Crippen LogP contribution >= 0.6 is 0 Å². The number of imide groups is 1. The maximum absolute atomic E-state index is 12.3. The number of hydrogen-bond donors (Lipinski definition) is 2. The van der Waals surface area contributed by atoms with Crippen molar-refractivity contribution in [2.24, 2.45) is 11.8 Å². The summed E-state index contributed by atoms with van der Waals surface area (Å²) in [5.41, 5.74) is 0. The lowest BCUT2D eigenvalue weighted by Gasteiger charge is -2.19. The van der Waals surface area contributed by atoms with Crippen molar-refractivity contribution in [2.45, 2.75) is 44.6 Å². The summed E-state index contributed by atoms with van der Waals surface area (Å²) in [5, 5.41) is 6.13. The lowest BCUT2D eigenvalue weighted by molar-refractivity contribution is -0.143. The summed E-state index contributed by atoms with van der Waals surface area (Å²) in [7, 11) is 0. The quantitative estimate of drug-likeness (QED) is 0.717. The molecular formula is C15H23N3O3. The summed E-state index contributed by atoms with van der Waals surface area (Å²) in [5.74, 6) is -0.854. The summed E-state index contributed by atoms with van der Waals surface area (Å²) in [6, 6.07) is 0.321. The van der Waals surface area contributed by atoms with Crippen molar-refractivity contribution < 1.29 is 14.4 Å². The molecule has 3 atom stereocenters. The number of rotatable bonds is 4. The molecule has 2 aliphatic heterocycles. The van der Waals surface area contributed by atoms with Gasteiger partial charge in [0.25, 0.3) is 0 Å². The summed E-state index contributed by atoms with van der Waals surface area (Å²) >= 11 is 0. The van der Waals surface area contributed by atoms with Gasteiger partial charge >= 0.3 is 0 Å². The molecule has 0 spiro atoms. The molecule has 1 saturated carbocycles. The summed E-state index contributed by atoms with van der Waals surface area (Å²) in [6.45, 7) is 1.45. The van der Waals surface area contributed by atoms with Gasteiger partial charge in [0, 0.05) is 12.6 Å². The van der Waals surface area contributed by atoms with Gasteiger partial charge in [-0.15, -0.1) is 0 Å². The monoisotopic (exact) mass is 293 g/mol. The zero-order valence-electron chi connectivity index (χ0n) is 12.3. The minimum atomic E-state index is -0.232. The molecule has 0 aromatic heterocycles. The molecule has 3 unspecified atom stereocenters. The van der Waals surface area contributed by atoms with Crippen LogP contribution in [-0.4, -0.2) is 48.3 Å². The number of nitrogens with one attached hydrogen (secondary N) is 2. The molecular weight excluding hydrogens is 270 g/mol. The normalized spacial score (nSPS) is 32.4. The zero-order valence-corrected chi connectivity index (χ0v) is 12.3. The second-order valence-corrected chi connectivity index (χ2v) is 6.36. The molecule has 3 amide bonds.